The van der Waals surface area contributed by atoms with Gasteiger partial charge >= 0.3 is 0 Å². The zero-order valence-corrected chi connectivity index (χ0v) is 10.7. The quantitative estimate of drug-likeness (QED) is 0.780. The van der Waals surface area contributed by atoms with Crippen LogP contribution >= 0.6 is 0 Å². The SMILES string of the molecule is CCc1ccc(-c2ccc3ncc(CO)n3n2)cc1. The molecule has 0 atom stereocenters. The van der Waals surface area contributed by atoms with Crippen LogP contribution in [0.3, 0.4) is 0 Å². The van der Waals surface area contributed by atoms with Gasteiger partial charge in [0.05, 0.1) is 24.2 Å². The Labute approximate surface area is 111 Å². The molecular formula is C15H15N3O. The molecule has 4 heteroatoms. The van der Waals surface area contributed by atoms with Crippen molar-refractivity contribution >= 4 is 5.65 Å². The van der Waals surface area contributed by atoms with Crippen LogP contribution in [-0.4, -0.2) is 19.7 Å². The zero-order chi connectivity index (χ0) is 13.2. The van der Waals surface area contributed by atoms with Crippen LogP contribution in [0.2, 0.25) is 0 Å². The van der Waals surface area contributed by atoms with E-state index in [0.717, 1.165) is 23.3 Å². The number of benzene rings is 1. The summed E-state index contributed by atoms with van der Waals surface area (Å²) >= 11 is 0. The second kappa shape index (κ2) is 4.82. The maximum absolute atomic E-state index is 9.25. The molecule has 0 aliphatic carbocycles. The van der Waals surface area contributed by atoms with Crippen LogP contribution in [0.1, 0.15) is 18.2 Å². The van der Waals surface area contributed by atoms with Gasteiger partial charge in [-0.25, -0.2) is 9.50 Å². The van der Waals surface area contributed by atoms with E-state index in [9.17, 15) is 5.11 Å². The van der Waals surface area contributed by atoms with Gasteiger partial charge in [-0.3, -0.25) is 0 Å². The van der Waals surface area contributed by atoms with Gasteiger partial charge in [-0.05, 0) is 24.1 Å². The maximum Gasteiger partial charge on any atom is 0.153 e. The molecule has 0 saturated heterocycles. The Kier molecular flexibility index (Phi) is 3.01. The van der Waals surface area contributed by atoms with E-state index in [2.05, 4.69) is 41.3 Å². The summed E-state index contributed by atoms with van der Waals surface area (Å²) in [6, 6.07) is 12.2. The van der Waals surface area contributed by atoms with E-state index >= 15 is 0 Å². The highest BCUT2D eigenvalue weighted by Gasteiger charge is 2.06. The average Bonchev–Trinajstić information content (AvgIpc) is 2.89. The summed E-state index contributed by atoms with van der Waals surface area (Å²) in [5, 5.41) is 13.8. The van der Waals surface area contributed by atoms with Gasteiger partial charge in [0.15, 0.2) is 5.65 Å². The summed E-state index contributed by atoms with van der Waals surface area (Å²) in [6.07, 6.45) is 2.68. The first-order valence-electron chi connectivity index (χ1n) is 6.35. The molecule has 0 spiro atoms. The third kappa shape index (κ3) is 2.11. The van der Waals surface area contributed by atoms with Crippen LogP contribution in [0.5, 0.6) is 0 Å². The molecule has 4 nitrogen and oxygen atoms in total. The summed E-state index contributed by atoms with van der Waals surface area (Å²) in [4.78, 5) is 4.19. The predicted molar refractivity (Wildman–Crippen MR) is 73.7 cm³/mol. The number of nitrogens with zero attached hydrogens (tertiary/aromatic N) is 3. The Hall–Kier alpha value is -2.20. The van der Waals surface area contributed by atoms with E-state index in [-0.39, 0.29) is 6.61 Å². The highest BCUT2D eigenvalue weighted by atomic mass is 16.3. The van der Waals surface area contributed by atoms with Crippen LogP contribution in [0.15, 0.2) is 42.6 Å². The third-order valence-corrected chi connectivity index (χ3v) is 3.25. The summed E-state index contributed by atoms with van der Waals surface area (Å²) < 4.78 is 1.68. The molecule has 2 aromatic heterocycles. The van der Waals surface area contributed by atoms with Crippen molar-refractivity contribution in [1.29, 1.82) is 0 Å². The maximum atomic E-state index is 9.25. The van der Waals surface area contributed by atoms with E-state index < -0.39 is 0 Å². The van der Waals surface area contributed by atoms with Gasteiger partial charge in [0.1, 0.15) is 0 Å². The van der Waals surface area contributed by atoms with Gasteiger partial charge in [-0.15, -0.1) is 0 Å². The van der Waals surface area contributed by atoms with Crippen LogP contribution < -0.4 is 0 Å². The standard InChI is InChI=1S/C15H15N3O/c1-2-11-3-5-12(6-4-11)14-7-8-15-16-9-13(10-19)18(15)17-14/h3-9,19H,2,10H2,1H3. The van der Waals surface area contributed by atoms with Crippen LogP contribution in [0.4, 0.5) is 0 Å². The highest BCUT2D eigenvalue weighted by Crippen LogP contribution is 2.18. The van der Waals surface area contributed by atoms with Gasteiger partial charge in [0.25, 0.3) is 0 Å². The van der Waals surface area contributed by atoms with Gasteiger partial charge in [-0.2, -0.15) is 5.10 Å². The lowest BCUT2D eigenvalue weighted by atomic mass is 10.1. The molecule has 19 heavy (non-hydrogen) atoms. The minimum atomic E-state index is -0.0631. The Balaban J connectivity index is 2.08. The third-order valence-electron chi connectivity index (χ3n) is 3.25. The first-order chi connectivity index (χ1) is 9.31. The molecule has 1 N–H and O–H groups in total. The van der Waals surface area contributed by atoms with Crippen molar-refractivity contribution in [2.75, 3.05) is 0 Å². The van der Waals surface area contributed by atoms with Crippen LogP contribution in [0, 0.1) is 0 Å². The molecule has 96 valence electrons. The molecule has 0 bridgehead atoms. The van der Waals surface area contributed by atoms with Crippen molar-refractivity contribution < 1.29 is 5.11 Å². The molecular weight excluding hydrogens is 238 g/mol. The van der Waals surface area contributed by atoms with Crippen LogP contribution in [0.25, 0.3) is 16.9 Å². The Morgan fingerprint density at radius 2 is 1.89 bits per heavy atom. The van der Waals surface area contributed by atoms with Crippen molar-refractivity contribution in [3.05, 3.63) is 53.9 Å². The Morgan fingerprint density at radius 1 is 1.11 bits per heavy atom. The number of aliphatic hydroxyl groups is 1. The molecule has 3 aromatic rings. The van der Waals surface area contributed by atoms with Crippen molar-refractivity contribution in [3.63, 3.8) is 0 Å². The monoisotopic (exact) mass is 253 g/mol. The van der Waals surface area contributed by atoms with E-state index in [4.69, 9.17) is 0 Å². The lowest BCUT2D eigenvalue weighted by Crippen LogP contribution is -1.99. The lowest BCUT2D eigenvalue weighted by Gasteiger charge is -2.04. The predicted octanol–water partition coefficient (Wildman–Crippen LogP) is 2.45. The van der Waals surface area contributed by atoms with Crippen molar-refractivity contribution in [2.45, 2.75) is 20.0 Å². The van der Waals surface area contributed by atoms with Gasteiger partial charge < -0.3 is 5.11 Å². The fourth-order valence-corrected chi connectivity index (χ4v) is 2.09. The van der Waals surface area contributed by atoms with E-state index in [1.54, 1.807) is 10.7 Å². The van der Waals surface area contributed by atoms with Crippen molar-refractivity contribution in [1.82, 2.24) is 14.6 Å². The normalized spacial score (nSPS) is 11.1. The van der Waals surface area contributed by atoms with Crippen molar-refractivity contribution in [3.8, 4) is 11.3 Å². The second-order valence-electron chi connectivity index (χ2n) is 4.45. The van der Waals surface area contributed by atoms with E-state index in [1.165, 1.54) is 5.56 Å². The number of hydrogen-bond acceptors (Lipinski definition) is 3. The van der Waals surface area contributed by atoms with Crippen LogP contribution in [-0.2, 0) is 13.0 Å². The topological polar surface area (TPSA) is 50.4 Å². The largest absolute Gasteiger partial charge is 0.390 e. The number of aromatic nitrogens is 3. The van der Waals surface area contributed by atoms with E-state index in [0.29, 0.717) is 5.69 Å². The molecule has 0 radical (unpaired) electrons. The second-order valence-corrected chi connectivity index (χ2v) is 4.45. The molecule has 0 unspecified atom stereocenters. The van der Waals surface area contributed by atoms with Gasteiger partial charge in [0.2, 0.25) is 0 Å². The number of fused-ring (bicyclic) bond motifs is 1. The molecule has 0 amide bonds. The number of hydrogen-bond donors (Lipinski definition) is 1. The minimum absolute atomic E-state index is 0.0631. The fourth-order valence-electron chi connectivity index (χ4n) is 2.09. The van der Waals surface area contributed by atoms with Gasteiger partial charge in [-0.1, -0.05) is 31.2 Å². The number of rotatable bonds is 3. The summed E-state index contributed by atoms with van der Waals surface area (Å²) in [5.41, 5.74) is 4.70. The van der Waals surface area contributed by atoms with E-state index in [1.807, 2.05) is 12.1 Å². The number of aliphatic hydroxyl groups excluding tert-OH is 1. The molecule has 0 aliphatic heterocycles. The number of aryl methyl sites for hydroxylation is 1. The molecule has 2 heterocycles. The van der Waals surface area contributed by atoms with Crippen molar-refractivity contribution in [2.24, 2.45) is 0 Å². The molecule has 0 fully saturated rings. The van der Waals surface area contributed by atoms with Gasteiger partial charge in [0, 0.05) is 5.56 Å². The average molecular weight is 253 g/mol. The fraction of sp³-hybridized carbons (Fsp3) is 0.200. The number of imidazole rings is 1. The summed E-state index contributed by atoms with van der Waals surface area (Å²) in [6.45, 7) is 2.07. The molecule has 1 aromatic carbocycles. The molecule has 0 saturated carbocycles. The Morgan fingerprint density at radius 3 is 2.58 bits per heavy atom. The molecule has 3 rings (SSSR count). The first-order valence-corrected chi connectivity index (χ1v) is 6.35. The molecule has 0 aliphatic rings. The highest BCUT2D eigenvalue weighted by molar-refractivity contribution is 5.60. The summed E-state index contributed by atoms with van der Waals surface area (Å²) in [7, 11) is 0. The smallest absolute Gasteiger partial charge is 0.153 e. The minimum Gasteiger partial charge on any atom is -0.390 e. The zero-order valence-electron chi connectivity index (χ0n) is 10.7. The summed E-state index contributed by atoms with van der Waals surface area (Å²) in [5.74, 6) is 0. The Bertz CT molecular complexity index is 701. The lowest BCUT2D eigenvalue weighted by molar-refractivity contribution is 0.274. The first kappa shape index (κ1) is 11.9.